The summed E-state index contributed by atoms with van der Waals surface area (Å²) in [5.74, 6) is -1.48. The van der Waals surface area contributed by atoms with Gasteiger partial charge in [-0.15, -0.1) is 0 Å². The highest BCUT2D eigenvalue weighted by atomic mass is 16.4. The van der Waals surface area contributed by atoms with Crippen LogP contribution in [-0.4, -0.2) is 22.0 Å². The zero-order valence-electron chi connectivity index (χ0n) is 15.3. The van der Waals surface area contributed by atoms with Crippen LogP contribution in [0.2, 0.25) is 0 Å². The van der Waals surface area contributed by atoms with E-state index in [1.54, 1.807) is 23.1 Å². The number of rotatable bonds is 3. The van der Waals surface area contributed by atoms with E-state index in [1.165, 1.54) is 0 Å². The van der Waals surface area contributed by atoms with E-state index in [0.717, 1.165) is 5.56 Å². The third-order valence-corrected chi connectivity index (χ3v) is 5.23. The van der Waals surface area contributed by atoms with E-state index < -0.39 is 12.0 Å². The van der Waals surface area contributed by atoms with Crippen molar-refractivity contribution in [2.24, 2.45) is 0 Å². The molecule has 1 N–H and O–H groups in total. The molecule has 4 aromatic rings. The molecule has 1 unspecified atom stereocenters. The Kier molecular flexibility index (Phi) is 3.88. The highest BCUT2D eigenvalue weighted by Gasteiger charge is 2.43. The first-order valence-electron chi connectivity index (χ1n) is 9.26. The number of para-hydroxylation sites is 2. The minimum atomic E-state index is -1.13. The largest absolute Gasteiger partial charge is 0.478 e. The highest BCUT2D eigenvalue weighted by Crippen LogP contribution is 2.43. The highest BCUT2D eigenvalue weighted by molar-refractivity contribution is 6.20. The average molecular weight is 380 g/mol. The minimum absolute atomic E-state index is 0.00922. The van der Waals surface area contributed by atoms with Crippen LogP contribution in [-0.2, 0) is 0 Å². The first-order valence-corrected chi connectivity index (χ1v) is 9.26. The number of hydrogen-bond donors (Lipinski definition) is 1. The summed E-state index contributed by atoms with van der Waals surface area (Å²) < 4.78 is 0. The van der Waals surface area contributed by atoms with Gasteiger partial charge in [0.2, 0.25) is 0 Å². The quantitative estimate of drug-likeness (QED) is 0.560. The number of hydrogen-bond acceptors (Lipinski definition) is 3. The first-order chi connectivity index (χ1) is 14.2. The van der Waals surface area contributed by atoms with Crippen molar-refractivity contribution in [3.8, 4) is 0 Å². The van der Waals surface area contributed by atoms with E-state index in [4.69, 9.17) is 4.98 Å². The second-order valence-electron chi connectivity index (χ2n) is 6.89. The number of carboxylic acid groups (broad SMARTS) is 1. The third kappa shape index (κ3) is 2.59. The Balaban J connectivity index is 1.86. The molecule has 5 rings (SSSR count). The second kappa shape index (κ2) is 6.56. The summed E-state index contributed by atoms with van der Waals surface area (Å²) in [7, 11) is 0. The number of aromatic carboxylic acids is 1. The molecule has 0 radical (unpaired) electrons. The smallest absolute Gasteiger partial charge is 0.337 e. The lowest BCUT2D eigenvalue weighted by molar-refractivity contribution is 0.0694. The Morgan fingerprint density at radius 2 is 1.48 bits per heavy atom. The molecule has 0 spiro atoms. The summed E-state index contributed by atoms with van der Waals surface area (Å²) in [4.78, 5) is 32.2. The van der Waals surface area contributed by atoms with Gasteiger partial charge < -0.3 is 5.11 Å². The lowest BCUT2D eigenvalue weighted by Crippen LogP contribution is -2.28. The number of fused-ring (bicyclic) bond motifs is 2. The first kappa shape index (κ1) is 17.1. The van der Waals surface area contributed by atoms with Crippen molar-refractivity contribution in [3.63, 3.8) is 0 Å². The van der Waals surface area contributed by atoms with Crippen molar-refractivity contribution in [2.45, 2.75) is 6.04 Å². The van der Waals surface area contributed by atoms with E-state index in [-0.39, 0.29) is 17.0 Å². The van der Waals surface area contributed by atoms with Gasteiger partial charge in [-0.2, -0.15) is 0 Å². The third-order valence-electron chi connectivity index (χ3n) is 5.23. The van der Waals surface area contributed by atoms with Crippen molar-refractivity contribution in [2.75, 3.05) is 4.90 Å². The van der Waals surface area contributed by atoms with Crippen LogP contribution < -0.4 is 4.90 Å². The van der Waals surface area contributed by atoms with Crippen molar-refractivity contribution >= 4 is 28.5 Å². The van der Waals surface area contributed by atoms with Gasteiger partial charge in [0.25, 0.3) is 5.91 Å². The molecule has 0 fully saturated rings. The van der Waals surface area contributed by atoms with Crippen LogP contribution in [0.3, 0.4) is 0 Å². The molecule has 140 valence electrons. The Hall–Kier alpha value is -3.99. The van der Waals surface area contributed by atoms with Gasteiger partial charge in [0.1, 0.15) is 6.04 Å². The summed E-state index contributed by atoms with van der Waals surface area (Å²) in [6.07, 6.45) is 0. The van der Waals surface area contributed by atoms with Crippen LogP contribution in [0.25, 0.3) is 10.9 Å². The maximum Gasteiger partial charge on any atom is 0.337 e. The van der Waals surface area contributed by atoms with Crippen molar-refractivity contribution in [1.29, 1.82) is 0 Å². The van der Waals surface area contributed by atoms with E-state index in [2.05, 4.69) is 0 Å². The molecule has 29 heavy (non-hydrogen) atoms. The summed E-state index contributed by atoms with van der Waals surface area (Å²) in [5, 5.41) is 10.4. The van der Waals surface area contributed by atoms with Gasteiger partial charge in [-0.05, 0) is 23.8 Å². The fraction of sp³-hybridized carbons (Fsp3) is 0.0417. The van der Waals surface area contributed by atoms with Gasteiger partial charge in [-0.25, -0.2) is 9.78 Å². The van der Waals surface area contributed by atoms with E-state index >= 15 is 0 Å². The Labute approximate surface area is 166 Å². The number of anilines is 1. The van der Waals surface area contributed by atoms with Gasteiger partial charge in [0.15, 0.2) is 0 Å². The molecule has 1 amide bonds. The SMILES string of the molecule is O=C(O)c1c2c(nc3ccccc13)C(c1ccccc1)N(c1ccccc1)C2=O. The molecule has 3 aromatic carbocycles. The van der Waals surface area contributed by atoms with Crippen LogP contribution in [0.1, 0.15) is 38.0 Å². The number of nitrogens with zero attached hydrogens (tertiary/aromatic N) is 2. The predicted octanol–water partition coefficient (Wildman–Crippen LogP) is 4.68. The fourth-order valence-electron chi connectivity index (χ4n) is 4.02. The number of aromatic nitrogens is 1. The molecule has 5 heteroatoms. The molecular weight excluding hydrogens is 364 g/mol. The molecule has 1 aliphatic rings. The van der Waals surface area contributed by atoms with Gasteiger partial charge in [0.05, 0.1) is 22.3 Å². The molecule has 0 saturated heterocycles. The number of carbonyl (C=O) groups is 2. The van der Waals surface area contributed by atoms with Crippen molar-refractivity contribution in [3.05, 3.63) is 107 Å². The molecule has 1 aromatic heterocycles. The molecular formula is C24H16N2O3. The van der Waals surface area contributed by atoms with Gasteiger partial charge in [-0.3, -0.25) is 9.69 Å². The molecule has 5 nitrogen and oxygen atoms in total. The summed E-state index contributed by atoms with van der Waals surface area (Å²) in [6, 6.07) is 25.4. The number of pyridine rings is 1. The molecule has 0 aliphatic carbocycles. The Morgan fingerprint density at radius 3 is 2.17 bits per heavy atom. The second-order valence-corrected chi connectivity index (χ2v) is 6.89. The molecule has 1 atom stereocenters. The number of amides is 1. The van der Waals surface area contributed by atoms with Crippen LogP contribution in [0, 0.1) is 0 Å². The zero-order valence-corrected chi connectivity index (χ0v) is 15.3. The van der Waals surface area contributed by atoms with Crippen LogP contribution in [0.5, 0.6) is 0 Å². The Bertz CT molecular complexity index is 1250. The molecule has 2 heterocycles. The van der Waals surface area contributed by atoms with Crippen molar-refractivity contribution < 1.29 is 14.7 Å². The minimum Gasteiger partial charge on any atom is -0.478 e. The lowest BCUT2D eigenvalue weighted by Gasteiger charge is -2.25. The predicted molar refractivity (Wildman–Crippen MR) is 110 cm³/mol. The normalized spacial score (nSPS) is 15.5. The number of benzene rings is 3. The summed E-state index contributed by atoms with van der Waals surface area (Å²) in [5.41, 5.74) is 2.78. The summed E-state index contributed by atoms with van der Waals surface area (Å²) >= 11 is 0. The van der Waals surface area contributed by atoms with E-state index in [9.17, 15) is 14.7 Å². The monoisotopic (exact) mass is 380 g/mol. The standard InChI is InChI=1S/C24H16N2O3/c27-23-20-19(24(28)29)17-13-7-8-14-18(17)25-21(20)22(15-9-3-1-4-10-15)26(23)16-11-5-2-6-12-16/h1-14,22H,(H,28,29). The summed E-state index contributed by atoms with van der Waals surface area (Å²) in [6.45, 7) is 0. The number of carbonyl (C=O) groups excluding carboxylic acids is 1. The van der Waals surface area contributed by atoms with E-state index in [0.29, 0.717) is 22.3 Å². The van der Waals surface area contributed by atoms with Gasteiger partial charge >= 0.3 is 5.97 Å². The van der Waals surface area contributed by atoms with E-state index in [1.807, 2.05) is 66.7 Å². The van der Waals surface area contributed by atoms with Gasteiger partial charge in [0, 0.05) is 11.1 Å². The van der Waals surface area contributed by atoms with Gasteiger partial charge in [-0.1, -0.05) is 66.7 Å². The molecule has 0 bridgehead atoms. The van der Waals surface area contributed by atoms with Crippen LogP contribution in [0.4, 0.5) is 5.69 Å². The lowest BCUT2D eigenvalue weighted by atomic mass is 9.97. The van der Waals surface area contributed by atoms with Crippen molar-refractivity contribution in [1.82, 2.24) is 4.98 Å². The van der Waals surface area contributed by atoms with Crippen LogP contribution in [0.15, 0.2) is 84.9 Å². The number of carboxylic acids is 1. The molecule has 1 aliphatic heterocycles. The maximum atomic E-state index is 13.6. The maximum absolute atomic E-state index is 13.6. The zero-order chi connectivity index (χ0) is 20.0. The Morgan fingerprint density at radius 1 is 0.862 bits per heavy atom. The van der Waals surface area contributed by atoms with Crippen LogP contribution >= 0.6 is 0 Å². The fourth-order valence-corrected chi connectivity index (χ4v) is 4.02. The molecule has 0 saturated carbocycles. The average Bonchev–Trinajstić information content (AvgIpc) is 3.05. The topological polar surface area (TPSA) is 70.5 Å².